The third kappa shape index (κ3) is 4.74. The quantitative estimate of drug-likeness (QED) is 0.664. The van der Waals surface area contributed by atoms with E-state index in [0.717, 1.165) is 44.2 Å². The van der Waals surface area contributed by atoms with E-state index in [1.807, 2.05) is 6.07 Å². The van der Waals surface area contributed by atoms with Crippen LogP contribution >= 0.6 is 0 Å². The third-order valence-electron chi connectivity index (χ3n) is 7.49. The summed E-state index contributed by atoms with van der Waals surface area (Å²) < 4.78 is 0. The normalized spacial score (nSPS) is 22.9. The molecule has 1 unspecified atom stereocenters. The molecule has 1 atom stereocenters. The number of benzene rings is 2. The van der Waals surface area contributed by atoms with Crippen molar-refractivity contribution in [3.05, 3.63) is 71.8 Å². The minimum absolute atomic E-state index is 0.224. The largest absolute Gasteiger partial charge is 0.342 e. The summed E-state index contributed by atoms with van der Waals surface area (Å²) in [6.07, 6.45) is 10.2. The summed E-state index contributed by atoms with van der Waals surface area (Å²) in [5, 5.41) is 0. The van der Waals surface area contributed by atoms with E-state index in [2.05, 4.69) is 64.4 Å². The first-order valence-corrected chi connectivity index (χ1v) is 12.5. The van der Waals surface area contributed by atoms with Crippen molar-refractivity contribution in [3.8, 4) is 0 Å². The van der Waals surface area contributed by atoms with Gasteiger partial charge in [-0.1, -0.05) is 79.9 Å². The Labute approximate surface area is 192 Å². The lowest BCUT2D eigenvalue weighted by Gasteiger charge is -2.39. The Morgan fingerprint density at radius 1 is 0.750 bits per heavy atom. The SMILES string of the molecule is O=C1C(Cc2ccccc2)N=C(N2CCC(Cc3ccccc3)CC2)N1C1CCCCC1. The van der Waals surface area contributed by atoms with Gasteiger partial charge in [0.05, 0.1) is 0 Å². The van der Waals surface area contributed by atoms with Gasteiger partial charge < -0.3 is 4.90 Å². The fourth-order valence-electron chi connectivity index (χ4n) is 5.69. The molecule has 1 saturated heterocycles. The predicted molar refractivity (Wildman–Crippen MR) is 130 cm³/mol. The lowest BCUT2D eigenvalue weighted by atomic mass is 9.90. The van der Waals surface area contributed by atoms with Gasteiger partial charge in [-0.25, -0.2) is 4.99 Å². The Bertz CT molecular complexity index is 912. The topological polar surface area (TPSA) is 35.9 Å². The third-order valence-corrected chi connectivity index (χ3v) is 7.49. The number of hydrogen-bond donors (Lipinski definition) is 0. The molecule has 2 aromatic carbocycles. The van der Waals surface area contributed by atoms with Crippen LogP contribution in [-0.2, 0) is 17.6 Å². The average Bonchev–Trinajstić information content (AvgIpc) is 3.17. The highest BCUT2D eigenvalue weighted by Gasteiger charge is 2.42. The van der Waals surface area contributed by atoms with Crippen molar-refractivity contribution in [2.45, 2.75) is 69.9 Å². The zero-order valence-corrected chi connectivity index (χ0v) is 19.0. The maximum atomic E-state index is 13.6. The predicted octanol–water partition coefficient (Wildman–Crippen LogP) is 5.08. The minimum Gasteiger partial charge on any atom is -0.342 e. The Morgan fingerprint density at radius 2 is 1.34 bits per heavy atom. The van der Waals surface area contributed by atoms with E-state index in [1.54, 1.807) is 0 Å². The lowest BCUT2D eigenvalue weighted by Crippen LogP contribution is -2.52. The Morgan fingerprint density at radius 3 is 1.97 bits per heavy atom. The van der Waals surface area contributed by atoms with Crippen molar-refractivity contribution in [2.24, 2.45) is 10.9 Å². The van der Waals surface area contributed by atoms with Crippen molar-refractivity contribution in [1.29, 1.82) is 0 Å². The molecule has 1 saturated carbocycles. The Hall–Kier alpha value is -2.62. The molecule has 2 aliphatic heterocycles. The van der Waals surface area contributed by atoms with Gasteiger partial charge in [0, 0.05) is 25.6 Å². The zero-order chi connectivity index (χ0) is 21.8. The van der Waals surface area contributed by atoms with Crippen molar-refractivity contribution in [1.82, 2.24) is 9.80 Å². The number of hydrogen-bond acceptors (Lipinski definition) is 3. The summed E-state index contributed by atoms with van der Waals surface area (Å²) in [7, 11) is 0. The smallest absolute Gasteiger partial charge is 0.254 e. The van der Waals surface area contributed by atoms with Crippen LogP contribution in [-0.4, -0.2) is 46.8 Å². The van der Waals surface area contributed by atoms with Crippen LogP contribution in [0.2, 0.25) is 0 Å². The van der Waals surface area contributed by atoms with Crippen LogP contribution in [0.3, 0.4) is 0 Å². The molecule has 168 valence electrons. The summed E-state index contributed by atoms with van der Waals surface area (Å²) in [5.41, 5.74) is 2.63. The highest BCUT2D eigenvalue weighted by molar-refractivity contribution is 6.05. The number of nitrogens with zero attached hydrogens (tertiary/aromatic N) is 3. The van der Waals surface area contributed by atoms with Gasteiger partial charge >= 0.3 is 0 Å². The molecular formula is C28H35N3O. The molecule has 2 aromatic rings. The van der Waals surface area contributed by atoms with Gasteiger partial charge in [0.25, 0.3) is 5.91 Å². The van der Waals surface area contributed by atoms with E-state index in [1.165, 1.54) is 43.2 Å². The number of amides is 1. The van der Waals surface area contributed by atoms with Crippen LogP contribution in [0.25, 0.3) is 0 Å². The van der Waals surface area contributed by atoms with Gasteiger partial charge in [-0.2, -0.15) is 0 Å². The maximum absolute atomic E-state index is 13.6. The van der Waals surface area contributed by atoms with Crippen molar-refractivity contribution < 1.29 is 4.79 Å². The number of carbonyl (C=O) groups is 1. The summed E-state index contributed by atoms with van der Waals surface area (Å²) >= 11 is 0. The summed E-state index contributed by atoms with van der Waals surface area (Å²) in [4.78, 5) is 23.2. The van der Waals surface area contributed by atoms with E-state index in [-0.39, 0.29) is 11.9 Å². The summed E-state index contributed by atoms with van der Waals surface area (Å²) in [6, 6.07) is 21.3. The Balaban J connectivity index is 1.30. The molecule has 0 aromatic heterocycles. The van der Waals surface area contributed by atoms with Gasteiger partial charge in [-0.15, -0.1) is 0 Å². The number of carbonyl (C=O) groups excluding carboxylic acids is 1. The molecule has 2 fully saturated rings. The molecular weight excluding hydrogens is 394 g/mol. The molecule has 0 N–H and O–H groups in total. The summed E-state index contributed by atoms with van der Waals surface area (Å²) in [6.45, 7) is 2.01. The van der Waals surface area contributed by atoms with E-state index < -0.39 is 0 Å². The zero-order valence-electron chi connectivity index (χ0n) is 19.0. The molecule has 0 spiro atoms. The first-order valence-electron chi connectivity index (χ1n) is 12.5. The van der Waals surface area contributed by atoms with Gasteiger partial charge in [0.1, 0.15) is 6.04 Å². The van der Waals surface area contributed by atoms with E-state index in [0.29, 0.717) is 12.5 Å². The second kappa shape index (κ2) is 9.89. The van der Waals surface area contributed by atoms with Crippen LogP contribution in [0, 0.1) is 5.92 Å². The molecule has 3 aliphatic rings. The number of guanidine groups is 1. The molecule has 32 heavy (non-hydrogen) atoms. The number of piperidine rings is 1. The molecule has 1 aliphatic carbocycles. The van der Waals surface area contributed by atoms with Crippen molar-refractivity contribution in [3.63, 3.8) is 0 Å². The number of likely N-dealkylation sites (tertiary alicyclic amines) is 1. The van der Waals surface area contributed by atoms with Gasteiger partial charge in [-0.05, 0) is 49.1 Å². The number of aliphatic imine (C=N–C) groups is 1. The van der Waals surface area contributed by atoms with Crippen LogP contribution < -0.4 is 0 Å². The van der Waals surface area contributed by atoms with Crippen LogP contribution in [0.15, 0.2) is 65.7 Å². The standard InChI is InChI=1S/C28H35N3O/c32-27-26(21-23-12-6-2-7-13-23)29-28(31(27)25-14-8-3-9-15-25)30-18-16-24(17-19-30)20-22-10-4-1-5-11-22/h1-2,4-7,10-13,24-26H,3,8-9,14-21H2. The van der Waals surface area contributed by atoms with Crippen molar-refractivity contribution >= 4 is 11.9 Å². The second-order valence-electron chi connectivity index (χ2n) is 9.75. The maximum Gasteiger partial charge on any atom is 0.254 e. The fourth-order valence-corrected chi connectivity index (χ4v) is 5.69. The van der Waals surface area contributed by atoms with Crippen LogP contribution in [0.1, 0.15) is 56.1 Å². The average molecular weight is 430 g/mol. The molecule has 1 amide bonds. The molecule has 0 bridgehead atoms. The van der Waals surface area contributed by atoms with Crippen LogP contribution in [0.4, 0.5) is 0 Å². The first kappa shape index (κ1) is 21.2. The number of rotatable bonds is 5. The second-order valence-corrected chi connectivity index (χ2v) is 9.75. The summed E-state index contributed by atoms with van der Waals surface area (Å²) in [5.74, 6) is 1.91. The van der Waals surface area contributed by atoms with Gasteiger partial charge in [0.2, 0.25) is 5.96 Å². The van der Waals surface area contributed by atoms with E-state index in [9.17, 15) is 4.79 Å². The fraction of sp³-hybridized carbons (Fsp3) is 0.500. The highest BCUT2D eigenvalue weighted by atomic mass is 16.2. The van der Waals surface area contributed by atoms with Gasteiger partial charge in [-0.3, -0.25) is 9.69 Å². The molecule has 0 radical (unpaired) electrons. The van der Waals surface area contributed by atoms with Crippen molar-refractivity contribution in [2.75, 3.05) is 13.1 Å². The van der Waals surface area contributed by atoms with E-state index in [4.69, 9.17) is 4.99 Å². The highest BCUT2D eigenvalue weighted by Crippen LogP contribution is 2.31. The molecule has 5 rings (SSSR count). The monoisotopic (exact) mass is 429 g/mol. The molecule has 4 nitrogen and oxygen atoms in total. The Kier molecular flexibility index (Phi) is 6.56. The van der Waals surface area contributed by atoms with Gasteiger partial charge in [0.15, 0.2) is 0 Å². The minimum atomic E-state index is -0.267. The van der Waals surface area contributed by atoms with Crippen LogP contribution in [0.5, 0.6) is 0 Å². The molecule has 2 heterocycles. The molecule has 4 heteroatoms. The first-order chi connectivity index (χ1) is 15.8. The van der Waals surface area contributed by atoms with E-state index >= 15 is 0 Å². The lowest BCUT2D eigenvalue weighted by molar-refractivity contribution is -0.129.